The Bertz CT molecular complexity index is 807. The number of ether oxygens (including phenoxy) is 2. The van der Waals surface area contributed by atoms with E-state index in [9.17, 15) is 5.11 Å². The van der Waals surface area contributed by atoms with Gasteiger partial charge in [-0.1, -0.05) is 17.7 Å². The predicted octanol–water partition coefficient (Wildman–Crippen LogP) is 3.49. The van der Waals surface area contributed by atoms with Gasteiger partial charge in [-0.2, -0.15) is 0 Å². The second-order valence-corrected chi connectivity index (χ2v) is 7.74. The van der Waals surface area contributed by atoms with Crippen LogP contribution in [0.15, 0.2) is 30.2 Å². The number of hydrogen-bond acceptors (Lipinski definition) is 5. The number of nitrogens with zero attached hydrogens (tertiary/aromatic N) is 3. The summed E-state index contributed by atoms with van der Waals surface area (Å²) in [6.45, 7) is 9.53. The lowest BCUT2D eigenvalue weighted by molar-refractivity contribution is -0.239. The van der Waals surface area contributed by atoms with Crippen LogP contribution >= 0.6 is 11.6 Å². The van der Waals surface area contributed by atoms with E-state index < -0.39 is 11.4 Å². The maximum Gasteiger partial charge on any atom is 0.163 e. The average molecular weight is 366 g/mol. The molecular weight excluding hydrogens is 342 g/mol. The molecule has 3 heterocycles. The number of halogens is 1. The molecule has 0 aromatic carbocycles. The quantitative estimate of drug-likeness (QED) is 0.651. The van der Waals surface area contributed by atoms with Crippen LogP contribution in [0.5, 0.6) is 0 Å². The maximum absolute atomic E-state index is 10.5. The molecule has 6 nitrogen and oxygen atoms in total. The zero-order chi connectivity index (χ0) is 18.4. The molecule has 0 fully saturated rings. The minimum atomic E-state index is -0.999. The SMILES string of the molecule is C[C@H]1OC(C)(C)OC/C(C(C)(C)O)=C\[C@H]1n1ccc2c(Cl)ncnc21. The fraction of sp³-hybridized carbons (Fsp3) is 0.556. The van der Waals surface area contributed by atoms with E-state index in [2.05, 4.69) is 9.97 Å². The van der Waals surface area contributed by atoms with Gasteiger partial charge in [0.2, 0.25) is 0 Å². The lowest BCUT2D eigenvalue weighted by Gasteiger charge is -2.37. The lowest BCUT2D eigenvalue weighted by Crippen LogP contribution is -2.41. The monoisotopic (exact) mass is 365 g/mol. The molecule has 136 valence electrons. The van der Waals surface area contributed by atoms with Crippen molar-refractivity contribution >= 4 is 22.6 Å². The minimum absolute atomic E-state index is 0.173. The fourth-order valence-electron chi connectivity index (χ4n) is 3.06. The standard InChI is InChI=1S/C18H24ClN3O3/c1-11-14(22-7-6-13-15(19)20-10-21-16(13)22)8-12(17(2,3)23)9-24-18(4,5)25-11/h6-8,10-11,14,23H,9H2,1-5H3/b12-8+/t11-,14-/m1/s1. The highest BCUT2D eigenvalue weighted by Gasteiger charge is 2.34. The van der Waals surface area contributed by atoms with Crippen molar-refractivity contribution in [2.45, 2.75) is 58.2 Å². The summed E-state index contributed by atoms with van der Waals surface area (Å²) in [4.78, 5) is 8.41. The molecule has 7 heteroatoms. The molecule has 1 aliphatic rings. The van der Waals surface area contributed by atoms with Crippen molar-refractivity contribution in [1.29, 1.82) is 0 Å². The van der Waals surface area contributed by atoms with E-state index in [0.717, 1.165) is 16.6 Å². The summed E-state index contributed by atoms with van der Waals surface area (Å²) in [6, 6.07) is 1.72. The molecule has 0 bridgehead atoms. The highest BCUT2D eigenvalue weighted by molar-refractivity contribution is 6.33. The van der Waals surface area contributed by atoms with Crippen LogP contribution in [0, 0.1) is 0 Å². The van der Waals surface area contributed by atoms with Crippen LogP contribution < -0.4 is 0 Å². The Balaban J connectivity index is 2.14. The Hall–Kier alpha value is -1.47. The highest BCUT2D eigenvalue weighted by atomic mass is 35.5. The number of hydrogen-bond donors (Lipinski definition) is 1. The van der Waals surface area contributed by atoms with Gasteiger partial charge in [0.1, 0.15) is 17.1 Å². The zero-order valence-electron chi connectivity index (χ0n) is 15.2. The lowest BCUT2D eigenvalue weighted by atomic mass is 9.94. The Morgan fingerprint density at radius 2 is 2.08 bits per heavy atom. The highest BCUT2D eigenvalue weighted by Crippen LogP contribution is 2.33. The molecule has 3 rings (SSSR count). The largest absolute Gasteiger partial charge is 0.386 e. The average Bonchev–Trinajstić information content (AvgIpc) is 2.89. The van der Waals surface area contributed by atoms with E-state index in [0.29, 0.717) is 5.15 Å². The van der Waals surface area contributed by atoms with Crippen LogP contribution in [0.25, 0.3) is 11.0 Å². The third-order valence-electron chi connectivity index (χ3n) is 4.47. The molecule has 0 aliphatic carbocycles. The van der Waals surface area contributed by atoms with E-state index in [1.807, 2.05) is 43.7 Å². The van der Waals surface area contributed by atoms with Gasteiger partial charge < -0.3 is 19.1 Å². The number of rotatable bonds is 2. The topological polar surface area (TPSA) is 69.4 Å². The molecule has 0 radical (unpaired) electrons. The van der Waals surface area contributed by atoms with E-state index in [1.165, 1.54) is 6.33 Å². The number of aliphatic hydroxyl groups is 1. The third-order valence-corrected chi connectivity index (χ3v) is 4.77. The smallest absolute Gasteiger partial charge is 0.163 e. The molecule has 25 heavy (non-hydrogen) atoms. The second-order valence-electron chi connectivity index (χ2n) is 7.38. The molecule has 0 saturated heterocycles. The van der Waals surface area contributed by atoms with Gasteiger partial charge in [-0.15, -0.1) is 0 Å². The van der Waals surface area contributed by atoms with E-state index in [-0.39, 0.29) is 18.8 Å². The van der Waals surface area contributed by atoms with Crippen molar-refractivity contribution < 1.29 is 14.6 Å². The number of aromatic nitrogens is 3. The first kappa shape index (κ1) is 18.3. The first-order valence-corrected chi connectivity index (χ1v) is 8.69. The van der Waals surface area contributed by atoms with Gasteiger partial charge in [-0.25, -0.2) is 9.97 Å². The van der Waals surface area contributed by atoms with E-state index in [1.54, 1.807) is 13.8 Å². The summed E-state index contributed by atoms with van der Waals surface area (Å²) >= 11 is 6.18. The molecule has 0 spiro atoms. The second kappa shape index (κ2) is 6.36. The molecule has 1 N–H and O–H groups in total. The van der Waals surface area contributed by atoms with Crippen molar-refractivity contribution in [3.63, 3.8) is 0 Å². The molecule has 0 amide bonds. The van der Waals surface area contributed by atoms with Gasteiger partial charge in [0.05, 0.1) is 29.7 Å². The Kier molecular flexibility index (Phi) is 4.66. The van der Waals surface area contributed by atoms with Crippen LogP contribution in [0.4, 0.5) is 0 Å². The van der Waals surface area contributed by atoms with Gasteiger partial charge in [0.25, 0.3) is 0 Å². The fourth-order valence-corrected chi connectivity index (χ4v) is 3.25. The van der Waals surface area contributed by atoms with Crippen molar-refractivity contribution in [1.82, 2.24) is 14.5 Å². The Morgan fingerprint density at radius 1 is 1.36 bits per heavy atom. The van der Waals surface area contributed by atoms with E-state index >= 15 is 0 Å². The summed E-state index contributed by atoms with van der Waals surface area (Å²) in [5, 5.41) is 11.7. The van der Waals surface area contributed by atoms with Gasteiger partial charge in [-0.05, 0) is 46.3 Å². The van der Waals surface area contributed by atoms with Crippen LogP contribution in [-0.2, 0) is 9.47 Å². The Morgan fingerprint density at radius 3 is 2.76 bits per heavy atom. The van der Waals surface area contributed by atoms with Crippen molar-refractivity contribution in [3.8, 4) is 0 Å². The maximum atomic E-state index is 10.5. The summed E-state index contributed by atoms with van der Waals surface area (Å²) in [6.07, 6.45) is 5.15. The minimum Gasteiger partial charge on any atom is -0.386 e. The Labute approximate surface area is 152 Å². The molecule has 0 unspecified atom stereocenters. The van der Waals surface area contributed by atoms with Gasteiger partial charge in [-0.3, -0.25) is 0 Å². The first-order valence-electron chi connectivity index (χ1n) is 8.31. The summed E-state index contributed by atoms with van der Waals surface area (Å²) < 4.78 is 14.0. The van der Waals surface area contributed by atoms with Gasteiger partial charge in [0.15, 0.2) is 5.79 Å². The van der Waals surface area contributed by atoms with Crippen molar-refractivity contribution in [2.75, 3.05) is 6.61 Å². The molecule has 2 atom stereocenters. The third kappa shape index (κ3) is 3.72. The van der Waals surface area contributed by atoms with Gasteiger partial charge in [0, 0.05) is 6.20 Å². The zero-order valence-corrected chi connectivity index (χ0v) is 15.9. The van der Waals surface area contributed by atoms with E-state index in [4.69, 9.17) is 21.1 Å². The van der Waals surface area contributed by atoms with Crippen LogP contribution in [-0.4, -0.2) is 43.7 Å². The molecule has 2 aromatic rings. The van der Waals surface area contributed by atoms with Crippen molar-refractivity contribution in [2.24, 2.45) is 0 Å². The van der Waals surface area contributed by atoms with Crippen LogP contribution in [0.3, 0.4) is 0 Å². The van der Waals surface area contributed by atoms with Crippen LogP contribution in [0.1, 0.15) is 40.7 Å². The first-order chi connectivity index (χ1) is 11.6. The summed E-state index contributed by atoms with van der Waals surface area (Å²) in [7, 11) is 0. The van der Waals surface area contributed by atoms with Crippen molar-refractivity contribution in [3.05, 3.63) is 35.4 Å². The van der Waals surface area contributed by atoms with Crippen LogP contribution in [0.2, 0.25) is 5.15 Å². The summed E-state index contributed by atoms with van der Waals surface area (Å²) in [5.41, 5.74) is 0.523. The molecule has 2 aromatic heterocycles. The van der Waals surface area contributed by atoms with Gasteiger partial charge >= 0.3 is 0 Å². The normalized spacial score (nSPS) is 26.8. The molecule has 1 aliphatic heterocycles. The number of fused-ring (bicyclic) bond motifs is 1. The summed E-state index contributed by atoms with van der Waals surface area (Å²) in [5.74, 6) is -0.766. The molecule has 0 saturated carbocycles. The predicted molar refractivity (Wildman–Crippen MR) is 96.5 cm³/mol. The molecular formula is C18H24ClN3O3.